The monoisotopic (exact) mass is 506 g/mol. The number of hydrogen-bond acceptors (Lipinski definition) is 0. The Morgan fingerprint density at radius 1 is 0.300 bits per heavy atom. The molecule has 0 aliphatic heterocycles. The van der Waals surface area contributed by atoms with E-state index in [2.05, 4.69) is 142 Å². The zero-order chi connectivity index (χ0) is 25.9. The maximum absolute atomic E-state index is 2.55. The molecule has 0 saturated carbocycles. The highest BCUT2D eigenvalue weighted by Gasteiger charge is 2.21. The SMILES string of the molecule is c1ccc2c(c1)ccc1c2c2cccc3c4ccccc4n4c5ccccc5c5c6ccccc6cc(c54)n1c32. The summed E-state index contributed by atoms with van der Waals surface area (Å²) in [7, 11) is 0. The largest absolute Gasteiger partial charge is 0.307 e. The lowest BCUT2D eigenvalue weighted by molar-refractivity contribution is 1.30. The number of rotatable bonds is 0. The van der Waals surface area contributed by atoms with Gasteiger partial charge in [0.1, 0.15) is 0 Å². The fourth-order valence-corrected chi connectivity index (χ4v) is 7.44. The number of benzene rings is 7. The van der Waals surface area contributed by atoms with E-state index in [0.717, 1.165) is 0 Å². The molecule has 10 rings (SSSR count). The van der Waals surface area contributed by atoms with Gasteiger partial charge in [0.15, 0.2) is 0 Å². The lowest BCUT2D eigenvalue weighted by Gasteiger charge is -2.12. The highest BCUT2D eigenvalue weighted by Crippen LogP contribution is 2.43. The first-order chi connectivity index (χ1) is 19.9. The number of para-hydroxylation sites is 3. The Morgan fingerprint density at radius 2 is 0.875 bits per heavy atom. The topological polar surface area (TPSA) is 8.82 Å². The van der Waals surface area contributed by atoms with Gasteiger partial charge in [-0.3, -0.25) is 0 Å². The van der Waals surface area contributed by atoms with Crippen LogP contribution in [0.1, 0.15) is 0 Å². The minimum atomic E-state index is 1.22. The van der Waals surface area contributed by atoms with Gasteiger partial charge >= 0.3 is 0 Å². The molecule has 0 saturated heterocycles. The van der Waals surface area contributed by atoms with Crippen LogP contribution in [0.3, 0.4) is 0 Å². The van der Waals surface area contributed by atoms with Crippen LogP contribution in [0.4, 0.5) is 0 Å². The standard InChI is InChI=1S/C38H22N2/c1-3-12-25-23(10-1)20-21-33-35(25)30-17-9-16-28-27-14-5-7-18-31(27)39-32-19-8-6-15-29(32)36-26-13-4-2-11-24(26)22-34(38(36)39)40(33)37(28)30/h1-22H. The van der Waals surface area contributed by atoms with Crippen LogP contribution in [-0.2, 0) is 0 Å². The summed E-state index contributed by atoms with van der Waals surface area (Å²) in [6.07, 6.45) is 0. The van der Waals surface area contributed by atoms with Crippen molar-refractivity contribution in [3.63, 3.8) is 0 Å². The zero-order valence-electron chi connectivity index (χ0n) is 21.6. The van der Waals surface area contributed by atoms with Crippen molar-refractivity contribution < 1.29 is 0 Å². The molecule has 10 aromatic rings. The highest BCUT2D eigenvalue weighted by molar-refractivity contribution is 6.30. The van der Waals surface area contributed by atoms with Gasteiger partial charge in [-0.15, -0.1) is 0 Å². The van der Waals surface area contributed by atoms with E-state index in [-0.39, 0.29) is 0 Å². The Morgan fingerprint density at radius 3 is 1.70 bits per heavy atom. The molecule has 0 radical (unpaired) electrons. The van der Waals surface area contributed by atoms with Gasteiger partial charge in [-0.05, 0) is 45.8 Å². The van der Waals surface area contributed by atoms with Crippen LogP contribution in [0.25, 0.3) is 87.0 Å². The summed E-state index contributed by atoms with van der Waals surface area (Å²) < 4.78 is 5.06. The van der Waals surface area contributed by atoms with Gasteiger partial charge in [0.2, 0.25) is 0 Å². The van der Waals surface area contributed by atoms with Gasteiger partial charge in [0.25, 0.3) is 0 Å². The second kappa shape index (κ2) is 7.19. The molecular formula is C38H22N2. The molecule has 3 aromatic heterocycles. The van der Waals surface area contributed by atoms with Gasteiger partial charge in [-0.25, -0.2) is 0 Å². The molecule has 0 amide bonds. The van der Waals surface area contributed by atoms with Crippen LogP contribution in [0.15, 0.2) is 133 Å². The third-order valence-corrected chi connectivity index (χ3v) is 8.99. The number of hydrogen-bond donors (Lipinski definition) is 0. The number of nitrogens with zero attached hydrogens (tertiary/aromatic N) is 2. The molecule has 0 fully saturated rings. The second-order valence-corrected chi connectivity index (χ2v) is 10.9. The lowest BCUT2D eigenvalue weighted by Crippen LogP contribution is -1.94. The van der Waals surface area contributed by atoms with Crippen molar-refractivity contribution in [3.8, 4) is 0 Å². The minimum Gasteiger partial charge on any atom is -0.307 e. The summed E-state index contributed by atoms with van der Waals surface area (Å²) in [4.78, 5) is 0. The van der Waals surface area contributed by atoms with E-state index >= 15 is 0 Å². The van der Waals surface area contributed by atoms with E-state index in [0.29, 0.717) is 0 Å². The highest BCUT2D eigenvalue weighted by atomic mass is 15.0. The van der Waals surface area contributed by atoms with Crippen LogP contribution >= 0.6 is 0 Å². The van der Waals surface area contributed by atoms with Gasteiger partial charge < -0.3 is 8.80 Å². The molecule has 7 aromatic carbocycles. The van der Waals surface area contributed by atoms with Crippen molar-refractivity contribution in [1.82, 2.24) is 8.80 Å². The predicted octanol–water partition coefficient (Wildman–Crippen LogP) is 10.3. The first-order valence-corrected chi connectivity index (χ1v) is 13.9. The maximum atomic E-state index is 2.55. The fourth-order valence-electron chi connectivity index (χ4n) is 7.44. The third-order valence-electron chi connectivity index (χ3n) is 8.99. The first kappa shape index (κ1) is 20.6. The van der Waals surface area contributed by atoms with Crippen molar-refractivity contribution >= 4 is 87.0 Å². The summed E-state index contributed by atoms with van der Waals surface area (Å²) in [6.45, 7) is 0. The Hall–Kier alpha value is -5.34. The van der Waals surface area contributed by atoms with Crippen LogP contribution in [-0.4, -0.2) is 8.80 Å². The maximum Gasteiger partial charge on any atom is 0.0789 e. The van der Waals surface area contributed by atoms with Crippen molar-refractivity contribution in [2.75, 3.05) is 0 Å². The molecule has 0 aliphatic rings. The lowest BCUT2D eigenvalue weighted by atomic mass is 10.0. The minimum absolute atomic E-state index is 1.22. The fraction of sp³-hybridized carbons (Fsp3) is 0. The van der Waals surface area contributed by atoms with E-state index in [1.54, 1.807) is 0 Å². The Kier molecular flexibility index (Phi) is 3.70. The quantitative estimate of drug-likeness (QED) is 0.193. The van der Waals surface area contributed by atoms with E-state index in [4.69, 9.17) is 0 Å². The summed E-state index contributed by atoms with van der Waals surface area (Å²) in [5.41, 5.74) is 7.46. The molecule has 0 aliphatic carbocycles. The van der Waals surface area contributed by atoms with E-state index < -0.39 is 0 Å². The third kappa shape index (κ3) is 2.36. The Bertz CT molecular complexity index is 2700. The molecule has 2 heteroatoms. The molecule has 2 nitrogen and oxygen atoms in total. The average Bonchev–Trinajstić information content (AvgIpc) is 3.54. The van der Waals surface area contributed by atoms with E-state index in [1.165, 1.54) is 87.0 Å². The predicted molar refractivity (Wildman–Crippen MR) is 171 cm³/mol. The zero-order valence-corrected chi connectivity index (χ0v) is 21.6. The van der Waals surface area contributed by atoms with Gasteiger partial charge in [0, 0.05) is 32.3 Å². The summed E-state index contributed by atoms with van der Waals surface area (Å²) in [5, 5.41) is 12.8. The van der Waals surface area contributed by atoms with Crippen LogP contribution in [0.2, 0.25) is 0 Å². The molecule has 0 bridgehead atoms. The van der Waals surface area contributed by atoms with E-state index in [1.807, 2.05) is 0 Å². The molecule has 0 N–H and O–H groups in total. The molecule has 0 spiro atoms. The van der Waals surface area contributed by atoms with Crippen molar-refractivity contribution in [3.05, 3.63) is 133 Å². The Balaban J connectivity index is 1.71. The summed E-state index contributed by atoms with van der Waals surface area (Å²) in [6, 6.07) is 49.3. The molecule has 0 unspecified atom stereocenters. The summed E-state index contributed by atoms with van der Waals surface area (Å²) in [5.74, 6) is 0. The molecular weight excluding hydrogens is 484 g/mol. The van der Waals surface area contributed by atoms with Crippen LogP contribution in [0, 0.1) is 0 Å². The smallest absolute Gasteiger partial charge is 0.0789 e. The molecule has 0 atom stereocenters. The van der Waals surface area contributed by atoms with Crippen molar-refractivity contribution in [1.29, 1.82) is 0 Å². The number of fused-ring (bicyclic) bond motifs is 14. The van der Waals surface area contributed by atoms with E-state index in [9.17, 15) is 0 Å². The molecule has 3 heterocycles. The van der Waals surface area contributed by atoms with Crippen molar-refractivity contribution in [2.24, 2.45) is 0 Å². The number of aromatic nitrogens is 2. The van der Waals surface area contributed by atoms with Crippen molar-refractivity contribution in [2.45, 2.75) is 0 Å². The summed E-state index contributed by atoms with van der Waals surface area (Å²) >= 11 is 0. The van der Waals surface area contributed by atoms with Gasteiger partial charge in [0.05, 0.1) is 33.1 Å². The molecule has 40 heavy (non-hydrogen) atoms. The second-order valence-electron chi connectivity index (χ2n) is 10.9. The van der Waals surface area contributed by atoms with Crippen LogP contribution in [0.5, 0.6) is 0 Å². The normalized spacial score (nSPS) is 12.5. The Labute approximate surface area is 228 Å². The average molecular weight is 507 g/mol. The first-order valence-electron chi connectivity index (χ1n) is 13.9. The molecule has 184 valence electrons. The van der Waals surface area contributed by atoms with Crippen LogP contribution < -0.4 is 0 Å². The van der Waals surface area contributed by atoms with Gasteiger partial charge in [-0.1, -0.05) is 109 Å². The van der Waals surface area contributed by atoms with Gasteiger partial charge in [-0.2, -0.15) is 0 Å².